The van der Waals surface area contributed by atoms with E-state index in [4.69, 9.17) is 0 Å². The van der Waals surface area contributed by atoms with Gasteiger partial charge in [-0.05, 0) is 247 Å². The van der Waals surface area contributed by atoms with Gasteiger partial charge in [0.1, 0.15) is 0 Å². The van der Waals surface area contributed by atoms with E-state index in [0.29, 0.717) is 67.6 Å². The van der Waals surface area contributed by atoms with Gasteiger partial charge >= 0.3 is 0 Å². The van der Waals surface area contributed by atoms with Gasteiger partial charge in [-0.3, -0.25) is 14.4 Å². The number of rotatable bonds is 6. The Labute approximate surface area is 544 Å². The molecular weight excluding hydrogens is 1170 g/mol. The number of aromatic amines is 3. The van der Waals surface area contributed by atoms with Crippen molar-refractivity contribution in [1.82, 2.24) is 15.0 Å². The molecule has 0 bridgehead atoms. The van der Waals surface area contributed by atoms with Gasteiger partial charge in [0.15, 0.2) is 17.6 Å². The number of aromatic nitrogens is 3. The minimum Gasteiger partial charge on any atom is -0.494 e. The number of hydrogen-bond donors (Lipinski definition) is 6. The molecule has 8 aromatic carbocycles. The van der Waals surface area contributed by atoms with Gasteiger partial charge in [0, 0.05) is 54.2 Å². The molecular formula is C80H70N8O6. The number of H-pyrrole nitrogens is 3. The molecule has 3 amide bonds. The Morgan fingerprint density at radius 3 is 1.05 bits per heavy atom. The second-order valence-corrected chi connectivity index (χ2v) is 26.4. The van der Waals surface area contributed by atoms with Crippen LogP contribution < -0.4 is 9.80 Å². The Bertz CT molecular complexity index is 5130. The van der Waals surface area contributed by atoms with Crippen molar-refractivity contribution in [2.75, 3.05) is 36.0 Å². The van der Waals surface area contributed by atoms with E-state index in [0.717, 1.165) is 155 Å². The van der Waals surface area contributed by atoms with Crippen molar-refractivity contribution in [3.63, 3.8) is 0 Å². The third-order valence-corrected chi connectivity index (χ3v) is 20.6. The molecule has 14 heteroatoms. The minimum atomic E-state index is -0.340. The predicted octanol–water partition coefficient (Wildman–Crippen LogP) is 15.7. The van der Waals surface area contributed by atoms with Crippen LogP contribution in [0.2, 0.25) is 0 Å². The lowest BCUT2D eigenvalue weighted by molar-refractivity contribution is 0.0998. The minimum absolute atomic E-state index is 0.0126. The van der Waals surface area contributed by atoms with Crippen LogP contribution in [0.15, 0.2) is 148 Å². The molecule has 0 fully saturated rings. The average Bonchev–Trinajstić information content (AvgIpc) is 1.51. The Kier molecular flexibility index (Phi) is 13.9. The van der Waals surface area contributed by atoms with Crippen molar-refractivity contribution in [2.24, 2.45) is 15.0 Å². The summed E-state index contributed by atoms with van der Waals surface area (Å²) < 4.78 is 0. The summed E-state index contributed by atoms with van der Waals surface area (Å²) in [4.78, 5) is 66.4. The van der Waals surface area contributed by atoms with Crippen LogP contribution in [0.3, 0.4) is 0 Å². The molecule has 6 N–H and O–H groups in total. The number of aliphatic imine (C=N–C) groups is 3. The van der Waals surface area contributed by atoms with E-state index in [-0.39, 0.29) is 35.4 Å². The summed E-state index contributed by atoms with van der Waals surface area (Å²) in [5.41, 5.74) is 27.1. The fourth-order valence-corrected chi connectivity index (χ4v) is 15.6. The highest BCUT2D eigenvalue weighted by Crippen LogP contribution is 2.46. The number of carbonyl (C=O) groups is 3. The molecule has 11 aromatic rings. The van der Waals surface area contributed by atoms with Gasteiger partial charge in [0.25, 0.3) is 17.7 Å². The molecule has 10 heterocycles. The van der Waals surface area contributed by atoms with Crippen molar-refractivity contribution in [1.29, 1.82) is 0 Å². The van der Waals surface area contributed by atoms with Crippen molar-refractivity contribution < 1.29 is 29.7 Å². The van der Waals surface area contributed by atoms with E-state index < -0.39 is 0 Å². The van der Waals surface area contributed by atoms with Crippen LogP contribution in [0, 0.1) is 41.5 Å². The number of aromatic hydroxyl groups is 3. The summed E-state index contributed by atoms with van der Waals surface area (Å²) in [7, 11) is 0. The zero-order valence-electron chi connectivity index (χ0n) is 53.5. The van der Waals surface area contributed by atoms with Gasteiger partial charge in [-0.15, -0.1) is 0 Å². The molecule has 0 radical (unpaired) electrons. The maximum atomic E-state index is 13.3. The first kappa shape index (κ1) is 58.2. The van der Waals surface area contributed by atoms with Gasteiger partial charge in [0.2, 0.25) is 0 Å². The molecule has 0 spiro atoms. The third-order valence-electron chi connectivity index (χ3n) is 20.6. The van der Waals surface area contributed by atoms with E-state index in [1.807, 2.05) is 123 Å². The smallest absolute Gasteiger partial charge is 0.280 e. The topological polar surface area (TPSA) is 203 Å². The Hall–Kier alpha value is -10.9. The van der Waals surface area contributed by atoms with Gasteiger partial charge in [-0.1, -0.05) is 72.8 Å². The first-order chi connectivity index (χ1) is 45.5. The molecule has 0 saturated carbocycles. The van der Waals surface area contributed by atoms with Crippen LogP contribution in [0.5, 0.6) is 17.6 Å². The van der Waals surface area contributed by atoms with Crippen LogP contribution in [0.1, 0.15) is 146 Å². The molecule has 94 heavy (non-hydrogen) atoms. The largest absolute Gasteiger partial charge is 0.494 e. The number of fused-ring (bicyclic) bond motifs is 5. The molecule has 0 unspecified atom stereocenters. The number of carbonyl (C=O) groups excluding carboxylic acids is 3. The second kappa shape index (κ2) is 22.5. The Morgan fingerprint density at radius 1 is 0.340 bits per heavy atom. The molecule has 0 saturated heterocycles. The number of benzene rings is 8. The number of nitrogens with one attached hydrogen (secondary N) is 3. The number of hydrogen-bond acceptors (Lipinski definition) is 8. The molecule has 7 aliphatic rings. The summed E-state index contributed by atoms with van der Waals surface area (Å²) in [6.07, 6.45) is 8.87. The fraction of sp³-hybridized carbons (Fsp3) is 0.225. The molecule has 14 nitrogen and oxygen atoms in total. The summed E-state index contributed by atoms with van der Waals surface area (Å²) >= 11 is 0. The van der Waals surface area contributed by atoms with Crippen molar-refractivity contribution >= 4 is 67.8 Å². The highest BCUT2D eigenvalue weighted by atomic mass is 16.3. The van der Waals surface area contributed by atoms with E-state index in [2.05, 4.69) is 91.7 Å². The molecule has 7 aliphatic heterocycles. The molecule has 3 aromatic heterocycles. The quantitative estimate of drug-likeness (QED) is 0.0943. The van der Waals surface area contributed by atoms with Gasteiger partial charge in [-0.2, -0.15) is 0 Å². The summed E-state index contributed by atoms with van der Waals surface area (Å²) in [6, 6.07) is 45.0. The summed E-state index contributed by atoms with van der Waals surface area (Å²) in [5, 5.41) is 36.8. The monoisotopic (exact) mass is 1240 g/mol. The molecule has 0 atom stereocenters. The summed E-state index contributed by atoms with van der Waals surface area (Å²) in [5.74, 6) is -0.915. The first-order valence-electron chi connectivity index (χ1n) is 32.8. The standard InChI is InChI=1S/C30H30N4O2.C26H16N2O2.C24H24N2O2/c35-29-23-24(26(32-29)22-15-19-7-3-11-34-12-4-8-20(16-22)28(19)34)30(36)31-25(23)21-13-17-5-1-9-33-10-2-6-18(14-21)27(17)33;29-25-21-22(24(28-25)20-12-10-16-6-2-4-8-18(16)14-20)26(30)27-23(21)19-11-9-15-5-1-3-7-17(15)13-19;1-11-7-17(8-12(2)15(11)5)21-19-20(24(28)25-21)22(26-23(19)27)18-9-13(3)16(6)14(4)10-18/h13-16,31,36H,1-12H2;1-14,27,30H;7-10,25,28H,1-6H3. The van der Waals surface area contributed by atoms with Crippen LogP contribution >= 0.6 is 0 Å². The zero-order chi connectivity index (χ0) is 64.5. The van der Waals surface area contributed by atoms with Gasteiger partial charge in [-0.25, -0.2) is 15.0 Å². The van der Waals surface area contributed by atoms with Crippen molar-refractivity contribution in [3.05, 3.63) is 239 Å². The first-order valence-corrected chi connectivity index (χ1v) is 32.8. The molecule has 0 aliphatic carbocycles. The lowest BCUT2D eigenvalue weighted by atomic mass is 9.87. The van der Waals surface area contributed by atoms with E-state index in [1.165, 1.54) is 44.8 Å². The Balaban J connectivity index is 0.000000113. The highest BCUT2D eigenvalue weighted by molar-refractivity contribution is 6.33. The van der Waals surface area contributed by atoms with E-state index in [1.54, 1.807) is 0 Å². The molecule has 18 rings (SSSR count). The second-order valence-electron chi connectivity index (χ2n) is 26.4. The predicted molar refractivity (Wildman–Crippen MR) is 374 cm³/mol. The van der Waals surface area contributed by atoms with Crippen molar-refractivity contribution in [3.8, 4) is 51.4 Å². The van der Waals surface area contributed by atoms with E-state index in [9.17, 15) is 29.7 Å². The lowest BCUT2D eigenvalue weighted by Gasteiger charge is -2.37. The number of nitrogens with zero attached hydrogens (tertiary/aromatic N) is 5. The summed E-state index contributed by atoms with van der Waals surface area (Å²) in [6.45, 7) is 16.9. The van der Waals surface area contributed by atoms with Gasteiger partial charge < -0.3 is 40.1 Å². The van der Waals surface area contributed by atoms with Gasteiger partial charge in [0.05, 0.1) is 67.6 Å². The zero-order valence-corrected chi connectivity index (χ0v) is 53.5. The van der Waals surface area contributed by atoms with Crippen molar-refractivity contribution in [2.45, 2.75) is 92.9 Å². The number of amides is 3. The third kappa shape index (κ3) is 9.59. The normalized spacial score (nSPS) is 15.6. The number of aryl methyl sites for hydroxylation is 8. The van der Waals surface area contributed by atoms with Crippen LogP contribution in [-0.4, -0.2) is 91.3 Å². The molecule has 466 valence electrons. The SMILES string of the molecule is Cc1cc(C2=NC(=O)c3c(-c4cc(C)c(C)c(C)c4)[nH]c(O)c32)cc(C)c1C.O=C1N=C(c2cc3c4c(c2)CCCN4CCC3)c2c(O)[nH]c(-c3cc4c5c(c3)CCCN5CCC4)c21.O=C1N=C(c2ccc3ccccc3c2)c2c(O)[nH]c(-c3ccc4ccccc4c3)c21. The number of anilines is 2. The van der Waals surface area contributed by atoms with E-state index >= 15 is 0 Å². The van der Waals surface area contributed by atoms with Crippen LogP contribution in [0.25, 0.3) is 55.3 Å². The maximum absolute atomic E-state index is 13.3. The maximum Gasteiger partial charge on any atom is 0.280 e. The average molecular weight is 1240 g/mol. The lowest BCUT2D eigenvalue weighted by Crippen LogP contribution is -2.34. The fourth-order valence-electron chi connectivity index (χ4n) is 15.6. The van der Waals surface area contributed by atoms with Crippen LogP contribution in [-0.2, 0) is 25.7 Å². The van der Waals surface area contributed by atoms with Crippen LogP contribution in [0.4, 0.5) is 11.4 Å². The highest BCUT2D eigenvalue weighted by Gasteiger charge is 2.38. The Morgan fingerprint density at radius 2 is 0.649 bits per heavy atom.